The molecule has 0 bridgehead atoms. The Kier molecular flexibility index (Phi) is 15.9. The smallest absolute Gasteiger partial charge is 0.328 e. The van der Waals surface area contributed by atoms with Gasteiger partial charge in [0.05, 0.1) is 6.61 Å². The quantitative estimate of drug-likeness (QED) is 0.191. The molecule has 1 saturated carbocycles. The number of carbonyl (C=O) groups excluding carboxylic acids is 2. The lowest BCUT2D eigenvalue weighted by Crippen LogP contribution is -2.44. The van der Waals surface area contributed by atoms with Gasteiger partial charge < -0.3 is 10.1 Å². The zero-order valence-electron chi connectivity index (χ0n) is 19.3. The molecule has 0 saturated heterocycles. The molecule has 29 heavy (non-hydrogen) atoms. The van der Waals surface area contributed by atoms with Crippen molar-refractivity contribution in [1.29, 1.82) is 0 Å². The van der Waals surface area contributed by atoms with E-state index in [0.29, 0.717) is 6.61 Å². The van der Waals surface area contributed by atoms with Crippen LogP contribution in [0.1, 0.15) is 129 Å². The van der Waals surface area contributed by atoms with Gasteiger partial charge in [-0.15, -0.1) is 0 Å². The van der Waals surface area contributed by atoms with E-state index in [1.165, 1.54) is 83.5 Å². The second kappa shape index (κ2) is 17.8. The lowest BCUT2D eigenvalue weighted by atomic mass is 9.84. The zero-order valence-corrected chi connectivity index (χ0v) is 19.3. The van der Waals surface area contributed by atoms with Crippen molar-refractivity contribution in [2.75, 3.05) is 6.61 Å². The van der Waals surface area contributed by atoms with Gasteiger partial charge in [-0.3, -0.25) is 4.79 Å². The highest BCUT2D eigenvalue weighted by Crippen LogP contribution is 2.26. The van der Waals surface area contributed by atoms with Crippen LogP contribution in [0.2, 0.25) is 0 Å². The fourth-order valence-corrected chi connectivity index (χ4v) is 3.83. The van der Waals surface area contributed by atoms with Crippen molar-refractivity contribution >= 4 is 11.9 Å². The minimum Gasteiger partial charge on any atom is -0.464 e. The van der Waals surface area contributed by atoms with E-state index in [1.54, 1.807) is 6.92 Å². The molecule has 1 N–H and O–H groups in total. The van der Waals surface area contributed by atoms with Crippen LogP contribution in [-0.2, 0) is 14.3 Å². The molecule has 1 aliphatic carbocycles. The molecule has 4 heteroatoms. The summed E-state index contributed by atoms with van der Waals surface area (Å²) in [7, 11) is 0. The molecule has 4 nitrogen and oxygen atoms in total. The number of ether oxygens (including phenoxy) is 1. The van der Waals surface area contributed by atoms with Gasteiger partial charge in [-0.25, -0.2) is 4.79 Å². The van der Waals surface area contributed by atoms with E-state index in [2.05, 4.69) is 12.2 Å². The number of hydrogen-bond donors (Lipinski definition) is 1. The highest BCUT2D eigenvalue weighted by Gasteiger charge is 2.27. The molecule has 0 radical (unpaired) electrons. The van der Waals surface area contributed by atoms with Gasteiger partial charge in [-0.2, -0.15) is 0 Å². The van der Waals surface area contributed by atoms with Crippen molar-refractivity contribution in [2.45, 2.75) is 135 Å². The lowest BCUT2D eigenvalue weighted by Gasteiger charge is -2.25. The number of rotatable bonds is 19. The third-order valence-electron chi connectivity index (χ3n) is 6.18. The number of unbranched alkanes of at least 4 members (excludes halogenated alkanes) is 14. The van der Waals surface area contributed by atoms with Gasteiger partial charge in [0, 0.05) is 5.92 Å². The Morgan fingerprint density at radius 1 is 0.793 bits per heavy atom. The molecule has 0 aromatic carbocycles. The van der Waals surface area contributed by atoms with Crippen molar-refractivity contribution in [3.8, 4) is 0 Å². The van der Waals surface area contributed by atoms with E-state index in [-0.39, 0.29) is 17.8 Å². The van der Waals surface area contributed by atoms with E-state index in [4.69, 9.17) is 4.74 Å². The molecule has 1 amide bonds. The SMILES string of the molecule is CCCCCCCCCCCCCCCCCOC(=O)[C@H](C)NC(=O)C1CCC1. The molecule has 1 aliphatic rings. The summed E-state index contributed by atoms with van der Waals surface area (Å²) in [5.74, 6) is -0.184. The summed E-state index contributed by atoms with van der Waals surface area (Å²) in [4.78, 5) is 23.8. The maximum absolute atomic E-state index is 11.9. The Balaban J connectivity index is 1.79. The second-order valence-electron chi connectivity index (χ2n) is 8.98. The molecule has 0 heterocycles. The standard InChI is InChI=1S/C25H47NO3/c1-3-4-5-6-7-8-9-10-11-12-13-14-15-16-17-21-29-25(28)22(2)26-24(27)23-19-18-20-23/h22-23H,3-21H2,1-2H3,(H,26,27)/t22-/m0/s1. The normalized spacial score (nSPS) is 15.0. The van der Waals surface area contributed by atoms with Gasteiger partial charge in [0.15, 0.2) is 0 Å². The van der Waals surface area contributed by atoms with Gasteiger partial charge in [0.25, 0.3) is 0 Å². The van der Waals surface area contributed by atoms with Gasteiger partial charge in [-0.05, 0) is 26.2 Å². The average molecular weight is 410 g/mol. The Labute approximate surface area is 179 Å². The van der Waals surface area contributed by atoms with E-state index in [1.807, 2.05) is 0 Å². The largest absolute Gasteiger partial charge is 0.464 e. The maximum Gasteiger partial charge on any atom is 0.328 e. The molecule has 0 spiro atoms. The summed E-state index contributed by atoms with van der Waals surface area (Å²) in [6.07, 6.45) is 22.9. The van der Waals surface area contributed by atoms with Crippen LogP contribution < -0.4 is 5.32 Å². The Bertz CT molecular complexity index is 420. The zero-order chi connectivity index (χ0) is 21.2. The fourth-order valence-electron chi connectivity index (χ4n) is 3.83. The fraction of sp³-hybridized carbons (Fsp3) is 0.920. The van der Waals surface area contributed by atoms with Gasteiger partial charge in [0.2, 0.25) is 5.91 Å². The number of nitrogens with one attached hydrogen (secondary N) is 1. The number of amides is 1. The van der Waals surface area contributed by atoms with Gasteiger partial charge >= 0.3 is 5.97 Å². The predicted octanol–water partition coefficient (Wildman–Crippen LogP) is 6.71. The minimum absolute atomic E-state index is 0.00711. The summed E-state index contributed by atoms with van der Waals surface area (Å²) >= 11 is 0. The first-order valence-electron chi connectivity index (χ1n) is 12.6. The Morgan fingerprint density at radius 3 is 1.66 bits per heavy atom. The van der Waals surface area contributed by atoms with Crippen LogP contribution in [0, 0.1) is 5.92 Å². The molecule has 0 aliphatic heterocycles. The Hall–Kier alpha value is -1.06. The summed E-state index contributed by atoms with van der Waals surface area (Å²) in [5.41, 5.74) is 0. The van der Waals surface area contributed by atoms with E-state index in [0.717, 1.165) is 32.1 Å². The van der Waals surface area contributed by atoms with E-state index >= 15 is 0 Å². The molecule has 0 aromatic heterocycles. The van der Waals surface area contributed by atoms with E-state index < -0.39 is 6.04 Å². The van der Waals surface area contributed by atoms with Crippen LogP contribution in [0.25, 0.3) is 0 Å². The molecular weight excluding hydrogens is 362 g/mol. The van der Waals surface area contributed by atoms with E-state index in [9.17, 15) is 9.59 Å². The van der Waals surface area contributed by atoms with Gasteiger partial charge in [-0.1, -0.05) is 103 Å². The highest BCUT2D eigenvalue weighted by molar-refractivity contribution is 5.85. The molecule has 1 atom stereocenters. The van der Waals surface area contributed by atoms with Crippen molar-refractivity contribution in [3.05, 3.63) is 0 Å². The first kappa shape index (κ1) is 26.0. The first-order chi connectivity index (χ1) is 14.1. The van der Waals surface area contributed by atoms with Crippen LogP contribution in [0.15, 0.2) is 0 Å². The number of esters is 1. The summed E-state index contributed by atoms with van der Waals surface area (Å²) < 4.78 is 5.30. The number of hydrogen-bond acceptors (Lipinski definition) is 3. The molecule has 1 rings (SSSR count). The van der Waals surface area contributed by atoms with Crippen molar-refractivity contribution in [2.24, 2.45) is 5.92 Å². The predicted molar refractivity (Wildman–Crippen MR) is 121 cm³/mol. The third-order valence-corrected chi connectivity index (χ3v) is 6.18. The highest BCUT2D eigenvalue weighted by atomic mass is 16.5. The van der Waals surface area contributed by atoms with Crippen LogP contribution in [0.5, 0.6) is 0 Å². The summed E-state index contributed by atoms with van der Waals surface area (Å²) in [6.45, 7) is 4.46. The van der Waals surface area contributed by atoms with Crippen LogP contribution in [0.3, 0.4) is 0 Å². The first-order valence-corrected chi connectivity index (χ1v) is 12.6. The minimum atomic E-state index is -0.528. The van der Waals surface area contributed by atoms with Crippen LogP contribution in [-0.4, -0.2) is 24.5 Å². The molecule has 1 fully saturated rings. The van der Waals surface area contributed by atoms with Crippen molar-refractivity contribution < 1.29 is 14.3 Å². The molecule has 170 valence electrons. The topological polar surface area (TPSA) is 55.4 Å². The third kappa shape index (κ3) is 13.7. The van der Waals surface area contributed by atoms with Crippen LogP contribution >= 0.6 is 0 Å². The molecular formula is C25H47NO3. The maximum atomic E-state index is 11.9. The summed E-state index contributed by atoms with van der Waals surface area (Å²) in [5, 5.41) is 2.77. The van der Waals surface area contributed by atoms with Crippen LogP contribution in [0.4, 0.5) is 0 Å². The molecule has 0 unspecified atom stereocenters. The Morgan fingerprint density at radius 2 is 1.24 bits per heavy atom. The second-order valence-corrected chi connectivity index (χ2v) is 8.98. The summed E-state index contributed by atoms with van der Waals surface area (Å²) in [6, 6.07) is -0.528. The monoisotopic (exact) mass is 409 g/mol. The average Bonchev–Trinajstić information content (AvgIpc) is 2.66. The van der Waals surface area contributed by atoms with Gasteiger partial charge in [0.1, 0.15) is 6.04 Å². The molecule has 0 aromatic rings. The lowest BCUT2D eigenvalue weighted by molar-refractivity contribution is -0.148. The van der Waals surface area contributed by atoms with Crippen molar-refractivity contribution in [1.82, 2.24) is 5.32 Å². The van der Waals surface area contributed by atoms with Crippen molar-refractivity contribution in [3.63, 3.8) is 0 Å². The number of carbonyl (C=O) groups is 2.